The number of amides is 1. The standard InChI is InChI=1S/C14H24N2O5S/c1-12(17)15-7-9-16(10-8-15)22(20,21)11-14(13(18)19)5-3-2-4-6-14/h2-11H2,1H3,(H,18,19). The highest BCUT2D eigenvalue weighted by Crippen LogP contribution is 2.38. The highest BCUT2D eigenvalue weighted by atomic mass is 32.2. The van der Waals surface area contributed by atoms with Crippen molar-refractivity contribution in [2.45, 2.75) is 39.0 Å². The van der Waals surface area contributed by atoms with Gasteiger partial charge in [0.2, 0.25) is 15.9 Å². The van der Waals surface area contributed by atoms with Crippen molar-refractivity contribution < 1.29 is 23.1 Å². The molecule has 1 aliphatic carbocycles. The Hall–Kier alpha value is -1.15. The first-order chi connectivity index (χ1) is 10.3. The minimum atomic E-state index is -3.62. The van der Waals surface area contributed by atoms with Crippen molar-refractivity contribution in [1.82, 2.24) is 9.21 Å². The summed E-state index contributed by atoms with van der Waals surface area (Å²) in [5, 5.41) is 9.53. The van der Waals surface area contributed by atoms with Crippen molar-refractivity contribution in [3.8, 4) is 0 Å². The summed E-state index contributed by atoms with van der Waals surface area (Å²) < 4.78 is 26.5. The number of hydrogen-bond donors (Lipinski definition) is 1. The number of carbonyl (C=O) groups is 2. The number of carbonyl (C=O) groups excluding carboxylic acids is 1. The van der Waals surface area contributed by atoms with Gasteiger partial charge in [-0.25, -0.2) is 8.42 Å². The van der Waals surface area contributed by atoms with E-state index in [-0.39, 0.29) is 24.7 Å². The van der Waals surface area contributed by atoms with Crippen molar-refractivity contribution in [1.29, 1.82) is 0 Å². The summed E-state index contributed by atoms with van der Waals surface area (Å²) in [6, 6.07) is 0. The fourth-order valence-corrected chi connectivity index (χ4v) is 5.38. The molecule has 7 nitrogen and oxygen atoms in total. The van der Waals surface area contributed by atoms with Gasteiger partial charge in [0.15, 0.2) is 0 Å². The molecule has 126 valence electrons. The number of carboxylic acid groups (broad SMARTS) is 1. The zero-order chi connectivity index (χ0) is 16.4. The predicted octanol–water partition coefficient (Wildman–Crippen LogP) is 0.515. The van der Waals surface area contributed by atoms with Gasteiger partial charge in [-0.2, -0.15) is 4.31 Å². The number of rotatable bonds is 4. The summed E-state index contributed by atoms with van der Waals surface area (Å²) in [5.41, 5.74) is -1.14. The quantitative estimate of drug-likeness (QED) is 0.809. The van der Waals surface area contributed by atoms with Crippen LogP contribution in [0.15, 0.2) is 0 Å². The SMILES string of the molecule is CC(=O)N1CCN(S(=O)(=O)CC2(C(=O)O)CCCCC2)CC1. The molecular formula is C14H24N2O5S. The first kappa shape index (κ1) is 17.2. The summed E-state index contributed by atoms with van der Waals surface area (Å²) in [6.45, 7) is 2.70. The normalized spacial score (nSPS) is 23.2. The molecule has 1 saturated heterocycles. The van der Waals surface area contributed by atoms with Gasteiger partial charge >= 0.3 is 5.97 Å². The Morgan fingerprint density at radius 2 is 1.59 bits per heavy atom. The van der Waals surface area contributed by atoms with Crippen LogP contribution in [0.25, 0.3) is 0 Å². The van der Waals surface area contributed by atoms with Crippen LogP contribution in [0.5, 0.6) is 0 Å². The van der Waals surface area contributed by atoms with Crippen LogP contribution in [-0.4, -0.2) is 66.5 Å². The lowest BCUT2D eigenvalue weighted by atomic mass is 9.76. The maximum atomic E-state index is 12.6. The van der Waals surface area contributed by atoms with Crippen molar-refractivity contribution in [2.75, 3.05) is 31.9 Å². The van der Waals surface area contributed by atoms with Crippen LogP contribution >= 0.6 is 0 Å². The van der Waals surface area contributed by atoms with Crippen LogP contribution in [0.1, 0.15) is 39.0 Å². The minimum absolute atomic E-state index is 0.0636. The van der Waals surface area contributed by atoms with E-state index in [1.54, 1.807) is 4.90 Å². The molecule has 0 atom stereocenters. The van der Waals surface area contributed by atoms with Gasteiger partial charge in [0.25, 0.3) is 0 Å². The average Bonchev–Trinajstić information content (AvgIpc) is 2.47. The second-order valence-corrected chi connectivity index (χ2v) is 8.28. The van der Waals surface area contributed by atoms with Gasteiger partial charge in [-0.1, -0.05) is 19.3 Å². The Bertz CT molecular complexity index is 531. The lowest BCUT2D eigenvalue weighted by Gasteiger charge is -2.37. The molecular weight excluding hydrogens is 308 g/mol. The van der Waals surface area contributed by atoms with Gasteiger partial charge in [0, 0.05) is 33.1 Å². The zero-order valence-electron chi connectivity index (χ0n) is 13.0. The minimum Gasteiger partial charge on any atom is -0.481 e. The van der Waals surface area contributed by atoms with Gasteiger partial charge < -0.3 is 10.0 Å². The summed E-state index contributed by atoms with van der Waals surface area (Å²) >= 11 is 0. The Balaban J connectivity index is 2.07. The van der Waals surface area contributed by atoms with E-state index in [0.29, 0.717) is 25.9 Å². The summed E-state index contributed by atoms with van der Waals surface area (Å²) in [6.07, 6.45) is 3.34. The molecule has 1 amide bonds. The lowest BCUT2D eigenvalue weighted by Crippen LogP contribution is -2.52. The number of carboxylic acids is 1. The smallest absolute Gasteiger partial charge is 0.310 e. The van der Waals surface area contributed by atoms with Gasteiger partial charge in [-0.3, -0.25) is 9.59 Å². The van der Waals surface area contributed by atoms with Gasteiger partial charge in [-0.05, 0) is 12.8 Å². The highest BCUT2D eigenvalue weighted by Gasteiger charge is 2.45. The van der Waals surface area contributed by atoms with E-state index in [1.807, 2.05) is 0 Å². The molecule has 8 heteroatoms. The molecule has 1 heterocycles. The molecule has 0 spiro atoms. The molecule has 1 saturated carbocycles. The van der Waals surface area contributed by atoms with Gasteiger partial charge in [-0.15, -0.1) is 0 Å². The largest absolute Gasteiger partial charge is 0.481 e. The predicted molar refractivity (Wildman–Crippen MR) is 80.8 cm³/mol. The van der Waals surface area contributed by atoms with E-state index in [1.165, 1.54) is 11.2 Å². The van der Waals surface area contributed by atoms with E-state index in [0.717, 1.165) is 19.3 Å². The molecule has 2 fully saturated rings. The number of hydrogen-bond acceptors (Lipinski definition) is 4. The Kier molecular flexibility index (Phi) is 5.11. The van der Waals surface area contributed by atoms with Crippen LogP contribution in [0.4, 0.5) is 0 Å². The monoisotopic (exact) mass is 332 g/mol. The molecule has 22 heavy (non-hydrogen) atoms. The van der Waals surface area contributed by atoms with Crippen LogP contribution in [0.3, 0.4) is 0 Å². The molecule has 1 N–H and O–H groups in total. The topological polar surface area (TPSA) is 95.0 Å². The number of sulfonamides is 1. The molecule has 1 aliphatic heterocycles. The van der Waals surface area contributed by atoms with E-state index >= 15 is 0 Å². The molecule has 2 rings (SSSR count). The van der Waals surface area contributed by atoms with Crippen LogP contribution < -0.4 is 0 Å². The maximum Gasteiger partial charge on any atom is 0.310 e. The average molecular weight is 332 g/mol. The molecule has 0 unspecified atom stereocenters. The van der Waals surface area contributed by atoms with E-state index < -0.39 is 21.4 Å². The third kappa shape index (κ3) is 3.60. The van der Waals surface area contributed by atoms with Crippen molar-refractivity contribution >= 4 is 21.9 Å². The van der Waals surface area contributed by atoms with Crippen molar-refractivity contribution in [3.05, 3.63) is 0 Å². The lowest BCUT2D eigenvalue weighted by molar-refractivity contribution is -0.149. The molecule has 0 aromatic heterocycles. The number of piperazine rings is 1. The Morgan fingerprint density at radius 1 is 1.05 bits per heavy atom. The van der Waals surface area contributed by atoms with Crippen molar-refractivity contribution in [3.63, 3.8) is 0 Å². The number of nitrogens with zero attached hydrogens (tertiary/aromatic N) is 2. The van der Waals surface area contributed by atoms with Gasteiger partial charge in [0.05, 0.1) is 11.2 Å². The first-order valence-electron chi connectivity index (χ1n) is 7.74. The third-order valence-corrected chi connectivity index (χ3v) is 6.87. The summed E-state index contributed by atoms with van der Waals surface area (Å²) in [5.74, 6) is -1.39. The van der Waals surface area contributed by atoms with E-state index in [9.17, 15) is 23.1 Å². The zero-order valence-corrected chi connectivity index (χ0v) is 13.8. The maximum absolute atomic E-state index is 12.6. The van der Waals surface area contributed by atoms with Crippen molar-refractivity contribution in [2.24, 2.45) is 5.41 Å². The van der Waals surface area contributed by atoms with E-state index in [4.69, 9.17) is 0 Å². The fraction of sp³-hybridized carbons (Fsp3) is 0.857. The Labute approximate surface area is 131 Å². The summed E-state index contributed by atoms with van der Waals surface area (Å²) in [7, 11) is -3.62. The van der Waals surface area contributed by atoms with E-state index in [2.05, 4.69) is 0 Å². The van der Waals surface area contributed by atoms with Crippen LogP contribution in [0, 0.1) is 5.41 Å². The fourth-order valence-electron chi connectivity index (χ4n) is 3.37. The van der Waals surface area contributed by atoms with Crippen LogP contribution in [-0.2, 0) is 19.6 Å². The first-order valence-corrected chi connectivity index (χ1v) is 9.34. The molecule has 0 aromatic carbocycles. The van der Waals surface area contributed by atoms with Gasteiger partial charge in [0.1, 0.15) is 0 Å². The Morgan fingerprint density at radius 3 is 2.05 bits per heavy atom. The molecule has 0 aromatic rings. The molecule has 2 aliphatic rings. The third-order valence-electron chi connectivity index (χ3n) is 4.80. The summed E-state index contributed by atoms with van der Waals surface area (Å²) in [4.78, 5) is 24.5. The molecule has 0 radical (unpaired) electrons. The second kappa shape index (κ2) is 6.54. The highest BCUT2D eigenvalue weighted by molar-refractivity contribution is 7.89. The van der Waals surface area contributed by atoms with Crippen LogP contribution in [0.2, 0.25) is 0 Å². The molecule has 0 bridgehead atoms. The second-order valence-electron chi connectivity index (χ2n) is 6.31. The number of aliphatic carboxylic acids is 1.